The maximum absolute atomic E-state index is 13.1. The molecular weight excluding hydrogens is 367 g/mol. The molecular formula is C17H14F3N3O2S. The molecule has 1 amide bonds. The van der Waals surface area contributed by atoms with Gasteiger partial charge in [0.15, 0.2) is 4.96 Å². The van der Waals surface area contributed by atoms with Crippen LogP contribution in [0.4, 0.5) is 18.9 Å². The van der Waals surface area contributed by atoms with E-state index in [1.165, 1.54) is 34.8 Å². The highest BCUT2D eigenvalue weighted by atomic mass is 32.1. The number of nitrogens with one attached hydrogen (secondary N) is 1. The Morgan fingerprint density at radius 3 is 2.65 bits per heavy atom. The summed E-state index contributed by atoms with van der Waals surface area (Å²) in [4.78, 5) is 29.9. The molecule has 1 N–H and O–H groups in total. The zero-order chi connectivity index (χ0) is 19.1. The van der Waals surface area contributed by atoms with Gasteiger partial charge in [0.1, 0.15) is 5.69 Å². The molecule has 9 heteroatoms. The second kappa shape index (κ2) is 6.56. The summed E-state index contributed by atoms with van der Waals surface area (Å²) in [6.45, 7) is 3.39. The number of aromatic nitrogens is 2. The topological polar surface area (TPSA) is 63.5 Å². The van der Waals surface area contributed by atoms with Crippen LogP contribution >= 0.6 is 11.3 Å². The first-order valence-electron chi connectivity index (χ1n) is 7.71. The summed E-state index contributed by atoms with van der Waals surface area (Å²) in [5.74, 6) is -1.01. The average molecular weight is 381 g/mol. The van der Waals surface area contributed by atoms with Crippen LogP contribution in [0.1, 0.15) is 34.2 Å². The molecule has 0 spiro atoms. The number of anilines is 1. The number of nitrogens with zero attached hydrogens (tertiary/aromatic N) is 2. The van der Waals surface area contributed by atoms with E-state index >= 15 is 0 Å². The molecule has 0 saturated carbocycles. The summed E-state index contributed by atoms with van der Waals surface area (Å²) in [6.07, 6.45) is -4.10. The van der Waals surface area contributed by atoms with Gasteiger partial charge in [0, 0.05) is 11.1 Å². The number of hydrogen-bond donors (Lipinski definition) is 1. The molecule has 0 aliphatic carbocycles. The number of amides is 1. The fraction of sp³-hybridized carbons (Fsp3) is 0.235. The molecule has 0 radical (unpaired) electrons. The van der Waals surface area contributed by atoms with E-state index in [4.69, 9.17) is 0 Å². The Hall–Kier alpha value is -2.68. The van der Waals surface area contributed by atoms with Gasteiger partial charge < -0.3 is 5.32 Å². The lowest BCUT2D eigenvalue weighted by atomic mass is 10.1. The van der Waals surface area contributed by atoms with Gasteiger partial charge in [0.2, 0.25) is 0 Å². The Bertz CT molecular complexity index is 1050. The van der Waals surface area contributed by atoms with E-state index in [0.29, 0.717) is 17.1 Å². The monoisotopic (exact) mass is 381 g/mol. The van der Waals surface area contributed by atoms with E-state index in [0.717, 1.165) is 12.1 Å². The number of carbonyl (C=O) groups excluding carboxylic acids is 1. The molecule has 0 atom stereocenters. The third-order valence-electron chi connectivity index (χ3n) is 3.90. The highest BCUT2D eigenvalue weighted by Gasteiger charge is 2.35. The Balaban J connectivity index is 2.08. The fourth-order valence-electron chi connectivity index (χ4n) is 2.60. The summed E-state index contributed by atoms with van der Waals surface area (Å²) < 4.78 is 40.7. The summed E-state index contributed by atoms with van der Waals surface area (Å²) in [7, 11) is 0. The molecule has 0 unspecified atom stereocenters. The first-order chi connectivity index (χ1) is 12.2. The van der Waals surface area contributed by atoms with E-state index in [9.17, 15) is 22.8 Å². The van der Waals surface area contributed by atoms with Crippen LogP contribution in [-0.2, 0) is 12.6 Å². The third kappa shape index (κ3) is 3.10. The molecule has 2 aromatic heterocycles. The number of halogens is 3. The Morgan fingerprint density at radius 2 is 2.00 bits per heavy atom. The van der Waals surface area contributed by atoms with Gasteiger partial charge in [-0.2, -0.15) is 13.2 Å². The van der Waals surface area contributed by atoms with Crippen LogP contribution in [0.5, 0.6) is 0 Å². The molecule has 5 nitrogen and oxygen atoms in total. The van der Waals surface area contributed by atoms with Crippen molar-refractivity contribution < 1.29 is 18.0 Å². The van der Waals surface area contributed by atoms with E-state index in [1.54, 1.807) is 5.38 Å². The van der Waals surface area contributed by atoms with Crippen molar-refractivity contribution in [2.75, 3.05) is 5.32 Å². The van der Waals surface area contributed by atoms with E-state index < -0.39 is 28.8 Å². The molecule has 0 saturated heterocycles. The van der Waals surface area contributed by atoms with Crippen molar-refractivity contribution in [1.29, 1.82) is 0 Å². The van der Waals surface area contributed by atoms with Gasteiger partial charge in [-0.15, -0.1) is 11.3 Å². The van der Waals surface area contributed by atoms with Gasteiger partial charge in [-0.3, -0.25) is 14.0 Å². The van der Waals surface area contributed by atoms with Crippen molar-refractivity contribution in [1.82, 2.24) is 9.38 Å². The molecule has 1 aromatic carbocycles. The number of carbonyl (C=O) groups is 1. The SMILES string of the molecule is CCc1csc2nc(C)c(NC(=O)c3ccccc3C(F)(F)F)c(=O)n12. The second-order valence-corrected chi connectivity index (χ2v) is 6.41. The summed E-state index contributed by atoms with van der Waals surface area (Å²) in [5.41, 5.74) is -1.29. The molecule has 0 bridgehead atoms. The Morgan fingerprint density at radius 1 is 1.31 bits per heavy atom. The van der Waals surface area contributed by atoms with E-state index in [2.05, 4.69) is 10.3 Å². The molecule has 0 aliphatic heterocycles. The quantitative estimate of drug-likeness (QED) is 0.749. The molecule has 26 heavy (non-hydrogen) atoms. The lowest BCUT2D eigenvalue weighted by Crippen LogP contribution is -2.26. The number of fused-ring (bicyclic) bond motifs is 1. The van der Waals surface area contributed by atoms with E-state index in [1.807, 2.05) is 6.92 Å². The lowest BCUT2D eigenvalue weighted by molar-refractivity contribution is -0.137. The van der Waals surface area contributed by atoms with Crippen molar-refractivity contribution in [3.05, 3.63) is 62.5 Å². The zero-order valence-electron chi connectivity index (χ0n) is 13.8. The largest absolute Gasteiger partial charge is 0.417 e. The van der Waals surface area contributed by atoms with Gasteiger partial charge in [0.05, 0.1) is 16.8 Å². The van der Waals surface area contributed by atoms with Crippen LogP contribution in [-0.4, -0.2) is 15.3 Å². The summed E-state index contributed by atoms with van der Waals surface area (Å²) in [6, 6.07) is 4.43. The van der Waals surface area contributed by atoms with E-state index in [-0.39, 0.29) is 11.4 Å². The van der Waals surface area contributed by atoms with Crippen molar-refractivity contribution >= 4 is 27.9 Å². The van der Waals surface area contributed by atoms with Crippen LogP contribution < -0.4 is 10.9 Å². The number of aryl methyl sites for hydroxylation is 2. The van der Waals surface area contributed by atoms with Crippen LogP contribution in [0.3, 0.4) is 0 Å². The number of rotatable bonds is 3. The van der Waals surface area contributed by atoms with Crippen molar-refractivity contribution in [3.8, 4) is 0 Å². The summed E-state index contributed by atoms with van der Waals surface area (Å²) >= 11 is 1.29. The summed E-state index contributed by atoms with van der Waals surface area (Å²) in [5, 5.41) is 4.10. The van der Waals surface area contributed by atoms with Crippen LogP contribution in [0, 0.1) is 6.92 Å². The number of thiazole rings is 1. The van der Waals surface area contributed by atoms with Crippen LogP contribution in [0.25, 0.3) is 4.96 Å². The third-order valence-corrected chi connectivity index (χ3v) is 4.77. The normalized spacial score (nSPS) is 11.7. The maximum Gasteiger partial charge on any atom is 0.417 e. The Labute approximate surface area is 150 Å². The van der Waals surface area contributed by atoms with Gasteiger partial charge in [-0.1, -0.05) is 19.1 Å². The zero-order valence-corrected chi connectivity index (χ0v) is 14.7. The molecule has 0 aliphatic rings. The molecule has 3 aromatic rings. The van der Waals surface area contributed by atoms with Crippen molar-refractivity contribution in [3.63, 3.8) is 0 Å². The molecule has 2 heterocycles. The predicted molar refractivity (Wildman–Crippen MR) is 92.9 cm³/mol. The standard InChI is InChI=1S/C17H14F3N3O2S/c1-3-10-8-26-16-21-9(2)13(15(25)23(10)16)22-14(24)11-6-4-5-7-12(11)17(18,19)20/h4-8H,3H2,1-2H3,(H,22,24). The highest BCUT2D eigenvalue weighted by Crippen LogP contribution is 2.32. The predicted octanol–water partition coefficient (Wildman–Crippen LogP) is 3.90. The number of alkyl halides is 3. The first kappa shape index (κ1) is 18.1. The smallest absolute Gasteiger partial charge is 0.316 e. The van der Waals surface area contributed by atoms with Gasteiger partial charge in [0.25, 0.3) is 11.5 Å². The highest BCUT2D eigenvalue weighted by molar-refractivity contribution is 7.15. The van der Waals surface area contributed by atoms with Crippen molar-refractivity contribution in [2.24, 2.45) is 0 Å². The van der Waals surface area contributed by atoms with Gasteiger partial charge in [-0.05, 0) is 25.5 Å². The van der Waals surface area contributed by atoms with Gasteiger partial charge >= 0.3 is 6.18 Å². The minimum atomic E-state index is -4.68. The van der Waals surface area contributed by atoms with Crippen LogP contribution in [0.15, 0.2) is 34.4 Å². The molecule has 0 fully saturated rings. The van der Waals surface area contributed by atoms with Crippen molar-refractivity contribution in [2.45, 2.75) is 26.4 Å². The lowest BCUT2D eigenvalue weighted by Gasteiger charge is -2.13. The molecule has 136 valence electrons. The average Bonchev–Trinajstić information content (AvgIpc) is 3.00. The minimum Gasteiger partial charge on any atom is -0.316 e. The first-order valence-corrected chi connectivity index (χ1v) is 8.59. The Kier molecular flexibility index (Phi) is 4.57. The van der Waals surface area contributed by atoms with Gasteiger partial charge in [-0.25, -0.2) is 4.98 Å². The number of benzene rings is 1. The second-order valence-electron chi connectivity index (χ2n) is 5.57. The molecule has 3 rings (SSSR count). The maximum atomic E-state index is 13.1. The fourth-order valence-corrected chi connectivity index (χ4v) is 3.61. The van der Waals surface area contributed by atoms with Crippen LogP contribution in [0.2, 0.25) is 0 Å². The minimum absolute atomic E-state index is 0.127. The number of hydrogen-bond acceptors (Lipinski definition) is 4.